The molecule has 1 aromatic heterocycles. The summed E-state index contributed by atoms with van der Waals surface area (Å²) < 4.78 is 31.5. The van der Waals surface area contributed by atoms with Crippen molar-refractivity contribution in [3.63, 3.8) is 0 Å². The average Bonchev–Trinajstić information content (AvgIpc) is 2.54. The smallest absolute Gasteiger partial charge is 0.294 e. The molecule has 0 atom stereocenters. The maximum absolute atomic E-state index is 11.2. The van der Waals surface area contributed by atoms with Crippen LogP contribution in [0.1, 0.15) is 0 Å². The number of nitrogens with one attached hydrogen (secondary N) is 1. The Kier molecular flexibility index (Phi) is 4.15. The fourth-order valence-electron chi connectivity index (χ4n) is 2.13. The molecule has 0 aliphatic rings. The molecule has 0 saturated heterocycles. The molecule has 0 unspecified atom stereocenters. The quantitative estimate of drug-likeness (QED) is 0.624. The summed E-state index contributed by atoms with van der Waals surface area (Å²) in [5, 5.41) is 2.96. The van der Waals surface area contributed by atoms with Crippen LogP contribution in [-0.4, -0.2) is 22.9 Å². The second-order valence-electron chi connectivity index (χ2n) is 5.00. The van der Waals surface area contributed by atoms with E-state index in [4.69, 9.17) is 10.3 Å². The SMILES string of the molecule is Nc1cc(Nc2cccc(S(=O)(=O)O)c2)nc(-c2ccccc2)n1. The molecule has 0 spiro atoms. The van der Waals surface area contributed by atoms with Crippen molar-refractivity contribution in [3.05, 3.63) is 60.7 Å². The van der Waals surface area contributed by atoms with Gasteiger partial charge in [0.05, 0.1) is 4.90 Å². The molecular weight excluding hydrogens is 328 g/mol. The topological polar surface area (TPSA) is 118 Å². The third-order valence-electron chi connectivity index (χ3n) is 3.18. The van der Waals surface area contributed by atoms with Gasteiger partial charge in [0.2, 0.25) is 0 Å². The van der Waals surface area contributed by atoms with Crippen molar-refractivity contribution in [2.75, 3.05) is 11.1 Å². The maximum Gasteiger partial charge on any atom is 0.294 e. The molecule has 2 aromatic carbocycles. The molecule has 3 rings (SSSR count). The van der Waals surface area contributed by atoms with Crippen LogP contribution in [0.15, 0.2) is 65.6 Å². The van der Waals surface area contributed by atoms with Crippen LogP contribution in [0.2, 0.25) is 0 Å². The first-order valence-corrected chi connectivity index (χ1v) is 8.40. The van der Waals surface area contributed by atoms with E-state index in [1.54, 1.807) is 6.07 Å². The zero-order valence-electron chi connectivity index (χ0n) is 12.4. The van der Waals surface area contributed by atoms with Gasteiger partial charge in [0.25, 0.3) is 10.1 Å². The molecule has 8 heteroatoms. The molecule has 0 fully saturated rings. The first kappa shape index (κ1) is 15.9. The molecule has 122 valence electrons. The Balaban J connectivity index is 1.95. The average molecular weight is 342 g/mol. The molecule has 0 saturated carbocycles. The Morgan fingerprint density at radius 3 is 2.42 bits per heavy atom. The van der Waals surface area contributed by atoms with E-state index in [1.807, 2.05) is 30.3 Å². The van der Waals surface area contributed by atoms with Crippen molar-refractivity contribution in [3.8, 4) is 11.4 Å². The van der Waals surface area contributed by atoms with Crippen molar-refractivity contribution in [2.24, 2.45) is 0 Å². The number of nitrogen functional groups attached to an aromatic ring is 1. The van der Waals surface area contributed by atoms with E-state index in [9.17, 15) is 8.42 Å². The van der Waals surface area contributed by atoms with Gasteiger partial charge in [-0.05, 0) is 18.2 Å². The lowest BCUT2D eigenvalue weighted by atomic mass is 10.2. The van der Waals surface area contributed by atoms with Crippen molar-refractivity contribution in [1.29, 1.82) is 0 Å². The lowest BCUT2D eigenvalue weighted by Gasteiger charge is -2.09. The number of benzene rings is 2. The molecule has 0 radical (unpaired) electrons. The third kappa shape index (κ3) is 3.67. The highest BCUT2D eigenvalue weighted by atomic mass is 32.2. The third-order valence-corrected chi connectivity index (χ3v) is 4.03. The predicted octanol–water partition coefficient (Wildman–Crippen LogP) is 2.72. The molecule has 4 N–H and O–H groups in total. The van der Waals surface area contributed by atoms with Crippen molar-refractivity contribution < 1.29 is 13.0 Å². The number of nitrogens with two attached hydrogens (primary N) is 1. The van der Waals surface area contributed by atoms with Crippen LogP contribution in [0, 0.1) is 0 Å². The lowest BCUT2D eigenvalue weighted by Crippen LogP contribution is -2.02. The Labute approximate surface area is 139 Å². The Morgan fingerprint density at radius 1 is 0.958 bits per heavy atom. The first-order chi connectivity index (χ1) is 11.4. The number of nitrogens with zero attached hydrogens (tertiary/aromatic N) is 2. The van der Waals surface area contributed by atoms with Gasteiger partial charge in [-0.15, -0.1) is 0 Å². The minimum atomic E-state index is -4.27. The van der Waals surface area contributed by atoms with Crippen LogP contribution < -0.4 is 11.1 Å². The fourth-order valence-corrected chi connectivity index (χ4v) is 2.65. The molecule has 0 aliphatic heterocycles. The van der Waals surface area contributed by atoms with Crippen molar-refractivity contribution in [1.82, 2.24) is 9.97 Å². The standard InChI is InChI=1S/C16H14N4O3S/c17-14-10-15(20-16(19-14)11-5-2-1-3-6-11)18-12-7-4-8-13(9-12)24(21,22)23/h1-10H,(H,21,22,23)(H3,17,18,19,20). The highest BCUT2D eigenvalue weighted by molar-refractivity contribution is 7.85. The van der Waals surface area contributed by atoms with Gasteiger partial charge in [0.15, 0.2) is 5.82 Å². The summed E-state index contributed by atoms with van der Waals surface area (Å²) in [5.41, 5.74) is 7.07. The van der Waals surface area contributed by atoms with E-state index in [0.717, 1.165) is 5.56 Å². The van der Waals surface area contributed by atoms with Gasteiger partial charge in [-0.1, -0.05) is 36.4 Å². The van der Waals surface area contributed by atoms with E-state index >= 15 is 0 Å². The van der Waals surface area contributed by atoms with Crippen LogP contribution in [-0.2, 0) is 10.1 Å². The number of aromatic nitrogens is 2. The second-order valence-corrected chi connectivity index (χ2v) is 6.42. The van der Waals surface area contributed by atoms with Gasteiger partial charge in [0.1, 0.15) is 11.6 Å². The highest BCUT2D eigenvalue weighted by Gasteiger charge is 2.10. The maximum atomic E-state index is 11.2. The molecule has 24 heavy (non-hydrogen) atoms. The summed E-state index contributed by atoms with van der Waals surface area (Å²) in [6, 6.07) is 16.6. The Morgan fingerprint density at radius 2 is 1.71 bits per heavy atom. The minimum absolute atomic E-state index is 0.210. The lowest BCUT2D eigenvalue weighted by molar-refractivity contribution is 0.483. The molecule has 0 amide bonds. The predicted molar refractivity (Wildman–Crippen MR) is 91.4 cm³/mol. The summed E-state index contributed by atoms with van der Waals surface area (Å²) in [6.07, 6.45) is 0. The summed E-state index contributed by atoms with van der Waals surface area (Å²) >= 11 is 0. The van der Waals surface area contributed by atoms with Crippen molar-refractivity contribution in [2.45, 2.75) is 4.90 Å². The van der Waals surface area contributed by atoms with Crippen LogP contribution in [0.4, 0.5) is 17.3 Å². The summed E-state index contributed by atoms with van der Waals surface area (Å²) in [6.45, 7) is 0. The molecule has 0 bridgehead atoms. The van der Waals surface area contributed by atoms with Crippen LogP contribution in [0.25, 0.3) is 11.4 Å². The molecule has 1 heterocycles. The van der Waals surface area contributed by atoms with Crippen LogP contribution >= 0.6 is 0 Å². The van der Waals surface area contributed by atoms with Crippen LogP contribution in [0.5, 0.6) is 0 Å². The Bertz CT molecular complexity index is 976. The molecule has 3 aromatic rings. The van der Waals surface area contributed by atoms with Gasteiger partial charge in [-0.25, -0.2) is 9.97 Å². The number of hydrogen-bond donors (Lipinski definition) is 3. The second kappa shape index (κ2) is 6.26. The summed E-state index contributed by atoms with van der Waals surface area (Å²) in [5.74, 6) is 1.13. The monoisotopic (exact) mass is 342 g/mol. The van der Waals surface area contributed by atoms with Gasteiger partial charge in [-0.2, -0.15) is 8.42 Å². The van der Waals surface area contributed by atoms with Gasteiger partial charge in [0, 0.05) is 17.3 Å². The van der Waals surface area contributed by atoms with E-state index < -0.39 is 10.1 Å². The van der Waals surface area contributed by atoms with Crippen LogP contribution in [0.3, 0.4) is 0 Å². The van der Waals surface area contributed by atoms with E-state index in [1.165, 1.54) is 24.3 Å². The molecule has 7 nitrogen and oxygen atoms in total. The van der Waals surface area contributed by atoms with E-state index in [-0.39, 0.29) is 10.7 Å². The zero-order chi connectivity index (χ0) is 17.2. The number of rotatable bonds is 4. The van der Waals surface area contributed by atoms with Gasteiger partial charge < -0.3 is 11.1 Å². The zero-order valence-corrected chi connectivity index (χ0v) is 13.2. The van der Waals surface area contributed by atoms with Crippen molar-refractivity contribution >= 4 is 27.4 Å². The molecular formula is C16H14N4O3S. The normalized spacial score (nSPS) is 11.2. The Hall–Kier alpha value is -2.97. The summed E-state index contributed by atoms with van der Waals surface area (Å²) in [4.78, 5) is 8.36. The number of hydrogen-bond acceptors (Lipinski definition) is 6. The summed E-state index contributed by atoms with van der Waals surface area (Å²) in [7, 11) is -4.27. The van der Waals surface area contributed by atoms with E-state index in [0.29, 0.717) is 17.3 Å². The van der Waals surface area contributed by atoms with Gasteiger partial charge in [-0.3, -0.25) is 4.55 Å². The fraction of sp³-hybridized carbons (Fsp3) is 0. The molecule has 0 aliphatic carbocycles. The van der Waals surface area contributed by atoms with Gasteiger partial charge >= 0.3 is 0 Å². The first-order valence-electron chi connectivity index (χ1n) is 6.96. The van der Waals surface area contributed by atoms with E-state index in [2.05, 4.69) is 15.3 Å². The number of anilines is 3. The largest absolute Gasteiger partial charge is 0.384 e. The minimum Gasteiger partial charge on any atom is -0.384 e. The highest BCUT2D eigenvalue weighted by Crippen LogP contribution is 2.23.